The van der Waals surface area contributed by atoms with Crippen LogP contribution < -0.4 is 5.32 Å². The zero-order chi connectivity index (χ0) is 14.6. The minimum atomic E-state index is -1.17. The second-order valence-corrected chi connectivity index (χ2v) is 4.81. The number of hydrogen-bond acceptors (Lipinski definition) is 4. The fraction of sp³-hybridized carbons (Fsp3) is 0.417. The molecule has 1 rings (SSSR count). The van der Waals surface area contributed by atoms with E-state index in [4.69, 9.17) is 9.84 Å². The Labute approximate surface area is 110 Å². The molecule has 19 heavy (non-hydrogen) atoms. The van der Waals surface area contributed by atoms with Crippen LogP contribution in [0.3, 0.4) is 0 Å². The smallest absolute Gasteiger partial charge is 0.413 e. The molecule has 104 valence electrons. The van der Waals surface area contributed by atoms with Gasteiger partial charge in [-0.15, -0.1) is 0 Å². The Hall–Kier alpha value is -2.31. The van der Waals surface area contributed by atoms with Crippen LogP contribution in [0.1, 0.15) is 31.1 Å². The number of rotatable bonds is 4. The molecule has 2 N–H and O–H groups in total. The summed E-state index contributed by atoms with van der Waals surface area (Å²) in [6.07, 6.45) is 1.85. The third kappa shape index (κ3) is 3.57. The maximum absolute atomic E-state index is 11.5. The zero-order valence-corrected chi connectivity index (χ0v) is 11.1. The van der Waals surface area contributed by atoms with E-state index in [1.807, 2.05) is 20.8 Å². The standard InChI is InChI=1S/C12H17N3O4/c1-5-6-19-11(18)14-9-8(10(16)17)7-13-15(9)12(2,3)4/h5,7H,1,6H2,2-4H3,(H,14,18)(H,16,17). The summed E-state index contributed by atoms with van der Waals surface area (Å²) in [5.41, 5.74) is -0.570. The lowest BCUT2D eigenvalue weighted by Gasteiger charge is -2.22. The number of aromatic nitrogens is 2. The molecule has 1 aromatic rings. The van der Waals surface area contributed by atoms with Crippen LogP contribution in [0.2, 0.25) is 0 Å². The molecule has 0 atom stereocenters. The number of hydrogen-bond donors (Lipinski definition) is 2. The molecule has 0 aliphatic rings. The van der Waals surface area contributed by atoms with Gasteiger partial charge in [0.1, 0.15) is 18.0 Å². The molecule has 0 radical (unpaired) electrons. The molecule has 0 unspecified atom stereocenters. The van der Waals surface area contributed by atoms with Crippen LogP contribution in [-0.2, 0) is 10.3 Å². The van der Waals surface area contributed by atoms with E-state index in [0.29, 0.717) is 0 Å². The first-order valence-corrected chi connectivity index (χ1v) is 5.64. The highest BCUT2D eigenvalue weighted by Crippen LogP contribution is 2.23. The highest BCUT2D eigenvalue weighted by molar-refractivity contribution is 5.97. The summed E-state index contributed by atoms with van der Waals surface area (Å²) in [5.74, 6) is -1.08. The number of amides is 1. The van der Waals surface area contributed by atoms with Crippen molar-refractivity contribution in [1.29, 1.82) is 0 Å². The van der Waals surface area contributed by atoms with Crippen molar-refractivity contribution in [3.8, 4) is 0 Å². The average Bonchev–Trinajstić information content (AvgIpc) is 2.69. The SMILES string of the molecule is C=CCOC(=O)Nc1c(C(=O)O)cnn1C(C)(C)C. The normalized spacial score (nSPS) is 10.9. The number of nitrogens with one attached hydrogen (secondary N) is 1. The van der Waals surface area contributed by atoms with E-state index in [-0.39, 0.29) is 18.0 Å². The third-order valence-electron chi connectivity index (χ3n) is 2.19. The predicted molar refractivity (Wildman–Crippen MR) is 69.4 cm³/mol. The zero-order valence-electron chi connectivity index (χ0n) is 11.1. The van der Waals surface area contributed by atoms with Crippen molar-refractivity contribution < 1.29 is 19.4 Å². The second kappa shape index (κ2) is 5.55. The van der Waals surface area contributed by atoms with E-state index >= 15 is 0 Å². The molecule has 1 heterocycles. The second-order valence-electron chi connectivity index (χ2n) is 4.81. The van der Waals surface area contributed by atoms with Gasteiger partial charge in [-0.25, -0.2) is 14.3 Å². The molecule has 0 spiro atoms. The van der Waals surface area contributed by atoms with Crippen LogP contribution in [0.25, 0.3) is 0 Å². The molecule has 0 bridgehead atoms. The summed E-state index contributed by atoms with van der Waals surface area (Å²) < 4.78 is 6.19. The van der Waals surface area contributed by atoms with Crippen molar-refractivity contribution in [2.45, 2.75) is 26.3 Å². The Kier molecular flexibility index (Phi) is 4.31. The monoisotopic (exact) mass is 267 g/mol. The lowest BCUT2D eigenvalue weighted by molar-refractivity contribution is 0.0698. The number of ether oxygens (including phenoxy) is 1. The van der Waals surface area contributed by atoms with Crippen LogP contribution in [0.15, 0.2) is 18.9 Å². The molecule has 0 saturated carbocycles. The Morgan fingerprint density at radius 2 is 2.21 bits per heavy atom. The van der Waals surface area contributed by atoms with Gasteiger partial charge in [-0.3, -0.25) is 5.32 Å². The molecule has 1 amide bonds. The predicted octanol–water partition coefficient (Wildman–Crippen LogP) is 2.07. The third-order valence-corrected chi connectivity index (χ3v) is 2.19. The molecule has 0 aromatic carbocycles. The molecule has 0 fully saturated rings. The first-order valence-electron chi connectivity index (χ1n) is 5.64. The molecule has 0 saturated heterocycles. The van der Waals surface area contributed by atoms with Crippen molar-refractivity contribution in [1.82, 2.24) is 9.78 Å². The van der Waals surface area contributed by atoms with Crippen LogP contribution in [0, 0.1) is 0 Å². The van der Waals surface area contributed by atoms with Gasteiger partial charge in [0.05, 0.1) is 11.7 Å². The Morgan fingerprint density at radius 1 is 1.58 bits per heavy atom. The van der Waals surface area contributed by atoms with E-state index in [1.54, 1.807) is 0 Å². The first-order chi connectivity index (χ1) is 8.77. The molecular formula is C12H17N3O4. The highest BCUT2D eigenvalue weighted by atomic mass is 16.5. The Bertz CT molecular complexity index is 500. The largest absolute Gasteiger partial charge is 0.477 e. The number of carbonyl (C=O) groups excluding carboxylic acids is 1. The van der Waals surface area contributed by atoms with E-state index < -0.39 is 17.6 Å². The van der Waals surface area contributed by atoms with Crippen molar-refractivity contribution in [3.63, 3.8) is 0 Å². The van der Waals surface area contributed by atoms with Gasteiger partial charge in [0.15, 0.2) is 0 Å². The van der Waals surface area contributed by atoms with Crippen molar-refractivity contribution in [2.24, 2.45) is 0 Å². The van der Waals surface area contributed by atoms with Gasteiger partial charge in [0, 0.05) is 0 Å². The van der Waals surface area contributed by atoms with Gasteiger partial charge >= 0.3 is 12.1 Å². The first kappa shape index (κ1) is 14.7. The Balaban J connectivity index is 3.08. The van der Waals surface area contributed by atoms with Gasteiger partial charge in [0.25, 0.3) is 0 Å². The van der Waals surface area contributed by atoms with Gasteiger partial charge in [-0.05, 0) is 20.8 Å². The molecule has 7 heteroatoms. The lowest BCUT2D eigenvalue weighted by atomic mass is 10.1. The van der Waals surface area contributed by atoms with Crippen LogP contribution in [0.5, 0.6) is 0 Å². The number of nitrogens with zero attached hydrogens (tertiary/aromatic N) is 2. The fourth-order valence-corrected chi connectivity index (χ4v) is 1.40. The van der Waals surface area contributed by atoms with Gasteiger partial charge in [-0.2, -0.15) is 5.10 Å². The van der Waals surface area contributed by atoms with E-state index in [0.717, 1.165) is 0 Å². The summed E-state index contributed by atoms with van der Waals surface area (Å²) in [4.78, 5) is 22.6. The van der Waals surface area contributed by atoms with E-state index in [1.165, 1.54) is 17.0 Å². The molecule has 7 nitrogen and oxygen atoms in total. The topological polar surface area (TPSA) is 93.4 Å². The van der Waals surface area contributed by atoms with Gasteiger partial charge in [0.2, 0.25) is 0 Å². The summed E-state index contributed by atoms with van der Waals surface area (Å²) in [7, 11) is 0. The van der Waals surface area contributed by atoms with E-state index in [2.05, 4.69) is 17.0 Å². The van der Waals surface area contributed by atoms with Crippen LogP contribution in [-0.4, -0.2) is 33.6 Å². The average molecular weight is 267 g/mol. The molecule has 1 aromatic heterocycles. The summed E-state index contributed by atoms with van der Waals surface area (Å²) >= 11 is 0. The minimum Gasteiger partial charge on any atom is -0.477 e. The van der Waals surface area contributed by atoms with Crippen molar-refractivity contribution in [2.75, 3.05) is 11.9 Å². The summed E-state index contributed by atoms with van der Waals surface area (Å²) in [5, 5.41) is 15.5. The summed E-state index contributed by atoms with van der Waals surface area (Å²) in [6, 6.07) is 0. The van der Waals surface area contributed by atoms with E-state index in [9.17, 15) is 9.59 Å². The molecular weight excluding hydrogens is 250 g/mol. The molecule has 0 aliphatic carbocycles. The fourth-order valence-electron chi connectivity index (χ4n) is 1.40. The lowest BCUT2D eigenvalue weighted by Crippen LogP contribution is -2.27. The van der Waals surface area contributed by atoms with Crippen LogP contribution in [0.4, 0.5) is 10.6 Å². The van der Waals surface area contributed by atoms with Crippen molar-refractivity contribution in [3.05, 3.63) is 24.4 Å². The number of aromatic carboxylic acids is 1. The minimum absolute atomic E-state index is 0.0396. The molecule has 0 aliphatic heterocycles. The van der Waals surface area contributed by atoms with Gasteiger partial charge in [-0.1, -0.05) is 12.7 Å². The number of anilines is 1. The van der Waals surface area contributed by atoms with Crippen molar-refractivity contribution >= 4 is 17.9 Å². The number of carbonyl (C=O) groups is 2. The highest BCUT2D eigenvalue weighted by Gasteiger charge is 2.25. The quantitative estimate of drug-likeness (QED) is 0.814. The maximum Gasteiger partial charge on any atom is 0.413 e. The maximum atomic E-state index is 11.5. The number of carboxylic acids is 1. The number of carboxylic acid groups (broad SMARTS) is 1. The van der Waals surface area contributed by atoms with Gasteiger partial charge < -0.3 is 9.84 Å². The van der Waals surface area contributed by atoms with Crippen LogP contribution >= 0.6 is 0 Å². The Morgan fingerprint density at radius 3 is 2.68 bits per heavy atom. The summed E-state index contributed by atoms with van der Waals surface area (Å²) in [6.45, 7) is 8.97.